The van der Waals surface area contributed by atoms with Crippen LogP contribution in [0.4, 0.5) is 10.5 Å². The number of likely N-dealkylation sites (tertiary alicyclic amines) is 1. The van der Waals surface area contributed by atoms with Crippen LogP contribution in [0.5, 0.6) is 0 Å². The van der Waals surface area contributed by atoms with Gasteiger partial charge in [0, 0.05) is 42.7 Å². The summed E-state index contributed by atoms with van der Waals surface area (Å²) in [5, 5.41) is 12.9. The number of para-hydroxylation sites is 1. The molecule has 4 rings (SSSR count). The van der Waals surface area contributed by atoms with Crippen LogP contribution in [0.25, 0.3) is 0 Å². The second-order valence-electron chi connectivity index (χ2n) is 7.19. The topological polar surface area (TPSA) is 85.8 Å². The van der Waals surface area contributed by atoms with Crippen LogP contribution in [0.3, 0.4) is 0 Å². The summed E-state index contributed by atoms with van der Waals surface area (Å²) < 4.78 is 0. The number of aromatic nitrogens is 1. The predicted molar refractivity (Wildman–Crippen MR) is 105 cm³/mol. The maximum absolute atomic E-state index is 13.1. The van der Waals surface area contributed by atoms with Crippen molar-refractivity contribution in [2.75, 3.05) is 24.6 Å². The van der Waals surface area contributed by atoms with Gasteiger partial charge in [0.15, 0.2) is 0 Å². The molecule has 3 heterocycles. The highest BCUT2D eigenvalue weighted by Gasteiger charge is 2.55. The first-order valence-electron chi connectivity index (χ1n) is 9.65. The molecule has 0 aliphatic carbocycles. The number of rotatable bonds is 4. The SMILES string of the molecule is CCCNC(=O)N1C[C@@H]2[C@H](c3ccccc31)[C@H](CO)N2C(=O)c1ccncc1. The number of urea groups is 1. The third-order valence-electron chi connectivity index (χ3n) is 5.62. The molecular formula is C21H24N4O3. The Morgan fingerprint density at radius 3 is 2.68 bits per heavy atom. The summed E-state index contributed by atoms with van der Waals surface area (Å²) in [5.74, 6) is -0.127. The minimum absolute atomic E-state index is 0.0159. The highest BCUT2D eigenvalue weighted by molar-refractivity contribution is 5.97. The summed E-state index contributed by atoms with van der Waals surface area (Å²) >= 11 is 0. The van der Waals surface area contributed by atoms with Crippen molar-refractivity contribution in [2.24, 2.45) is 0 Å². The van der Waals surface area contributed by atoms with Crippen molar-refractivity contribution < 1.29 is 14.7 Å². The monoisotopic (exact) mass is 380 g/mol. The summed E-state index contributed by atoms with van der Waals surface area (Å²) in [5.41, 5.74) is 2.39. The maximum atomic E-state index is 13.1. The first-order chi connectivity index (χ1) is 13.7. The Bertz CT molecular complexity index is 873. The van der Waals surface area contributed by atoms with Gasteiger partial charge in [-0.1, -0.05) is 25.1 Å². The first kappa shape index (κ1) is 18.4. The number of pyridine rings is 1. The molecule has 0 radical (unpaired) electrons. The van der Waals surface area contributed by atoms with Crippen LogP contribution < -0.4 is 10.2 Å². The van der Waals surface area contributed by atoms with E-state index in [4.69, 9.17) is 0 Å². The van der Waals surface area contributed by atoms with E-state index in [0.29, 0.717) is 18.7 Å². The minimum Gasteiger partial charge on any atom is -0.394 e. The van der Waals surface area contributed by atoms with Crippen molar-refractivity contribution in [3.63, 3.8) is 0 Å². The molecular weight excluding hydrogens is 356 g/mol. The lowest BCUT2D eigenvalue weighted by Crippen LogP contribution is -2.71. The second-order valence-corrected chi connectivity index (χ2v) is 7.19. The van der Waals surface area contributed by atoms with Crippen molar-refractivity contribution in [3.8, 4) is 0 Å². The average molecular weight is 380 g/mol. The van der Waals surface area contributed by atoms with E-state index < -0.39 is 0 Å². The average Bonchev–Trinajstić information content (AvgIpc) is 2.73. The van der Waals surface area contributed by atoms with E-state index in [-0.39, 0.29) is 36.5 Å². The Kier molecular flexibility index (Phi) is 5.00. The maximum Gasteiger partial charge on any atom is 0.321 e. The molecule has 0 saturated carbocycles. The number of hydrogen-bond donors (Lipinski definition) is 2. The minimum atomic E-state index is -0.298. The van der Waals surface area contributed by atoms with E-state index in [9.17, 15) is 14.7 Å². The van der Waals surface area contributed by atoms with Gasteiger partial charge in [-0.25, -0.2) is 4.79 Å². The van der Waals surface area contributed by atoms with E-state index in [1.807, 2.05) is 31.2 Å². The van der Waals surface area contributed by atoms with Crippen LogP contribution in [0, 0.1) is 0 Å². The van der Waals surface area contributed by atoms with Crippen LogP contribution in [0.15, 0.2) is 48.8 Å². The normalized spacial score (nSPS) is 22.7. The zero-order chi connectivity index (χ0) is 19.7. The van der Waals surface area contributed by atoms with Gasteiger partial charge < -0.3 is 15.3 Å². The predicted octanol–water partition coefficient (Wildman–Crippen LogP) is 1.99. The van der Waals surface area contributed by atoms with E-state index in [2.05, 4.69) is 10.3 Å². The molecule has 1 aromatic heterocycles. The third kappa shape index (κ3) is 2.92. The zero-order valence-corrected chi connectivity index (χ0v) is 15.8. The highest BCUT2D eigenvalue weighted by Crippen LogP contribution is 2.48. The Morgan fingerprint density at radius 2 is 1.96 bits per heavy atom. The zero-order valence-electron chi connectivity index (χ0n) is 15.8. The first-order valence-corrected chi connectivity index (χ1v) is 9.65. The third-order valence-corrected chi connectivity index (χ3v) is 5.62. The number of aliphatic hydroxyl groups excluding tert-OH is 1. The molecule has 1 aromatic carbocycles. The Hall–Kier alpha value is -2.93. The van der Waals surface area contributed by atoms with Crippen LogP contribution in [-0.4, -0.2) is 58.7 Å². The second kappa shape index (κ2) is 7.59. The summed E-state index contributed by atoms with van der Waals surface area (Å²) in [6.07, 6.45) is 4.02. The molecule has 2 aliphatic rings. The van der Waals surface area contributed by atoms with Crippen molar-refractivity contribution in [1.29, 1.82) is 0 Å². The molecule has 2 aromatic rings. The molecule has 2 N–H and O–H groups in total. The molecule has 146 valence electrons. The fourth-order valence-electron chi connectivity index (χ4n) is 4.33. The number of anilines is 1. The van der Waals surface area contributed by atoms with Crippen LogP contribution in [-0.2, 0) is 0 Å². The lowest BCUT2D eigenvalue weighted by Gasteiger charge is -2.58. The van der Waals surface area contributed by atoms with Gasteiger partial charge in [-0.3, -0.25) is 14.7 Å². The van der Waals surface area contributed by atoms with Crippen LogP contribution in [0.2, 0.25) is 0 Å². The fourth-order valence-corrected chi connectivity index (χ4v) is 4.33. The fraction of sp³-hybridized carbons (Fsp3) is 0.381. The van der Waals surface area contributed by atoms with Gasteiger partial charge in [0.2, 0.25) is 0 Å². The van der Waals surface area contributed by atoms with E-state index in [1.165, 1.54) is 0 Å². The number of hydrogen-bond acceptors (Lipinski definition) is 4. The molecule has 3 amide bonds. The molecule has 1 fully saturated rings. The molecule has 2 aliphatic heterocycles. The summed E-state index contributed by atoms with van der Waals surface area (Å²) in [6.45, 7) is 2.90. The number of nitrogens with zero attached hydrogens (tertiary/aromatic N) is 3. The van der Waals surface area contributed by atoms with Gasteiger partial charge in [-0.15, -0.1) is 0 Å². The summed E-state index contributed by atoms with van der Waals surface area (Å²) in [6, 6.07) is 10.5. The van der Waals surface area contributed by atoms with E-state index >= 15 is 0 Å². The van der Waals surface area contributed by atoms with Crippen molar-refractivity contribution in [1.82, 2.24) is 15.2 Å². The van der Waals surface area contributed by atoms with Gasteiger partial charge in [-0.05, 0) is 30.2 Å². The van der Waals surface area contributed by atoms with Crippen molar-refractivity contribution in [3.05, 3.63) is 59.9 Å². The number of fused-ring (bicyclic) bond motifs is 3. The molecule has 0 unspecified atom stereocenters. The lowest BCUT2D eigenvalue weighted by atomic mass is 9.71. The van der Waals surface area contributed by atoms with Gasteiger partial charge in [0.05, 0.1) is 18.7 Å². The Balaban J connectivity index is 1.67. The summed E-state index contributed by atoms with van der Waals surface area (Å²) in [4.78, 5) is 33.2. The molecule has 7 heteroatoms. The van der Waals surface area contributed by atoms with Gasteiger partial charge in [0.25, 0.3) is 5.91 Å². The standard InChI is InChI=1S/C21H24N4O3/c1-2-9-23-21(28)24-12-17-19(15-5-3-4-6-16(15)24)18(13-26)25(17)20(27)14-7-10-22-11-8-14/h3-8,10-11,17-19,26H,2,9,12-13H2,1H3,(H,23,28)/t17-,18+,19+/m1/s1. The van der Waals surface area contributed by atoms with Gasteiger partial charge >= 0.3 is 6.03 Å². The Morgan fingerprint density at radius 1 is 1.21 bits per heavy atom. The van der Waals surface area contributed by atoms with E-state index in [0.717, 1.165) is 17.7 Å². The Labute approximate surface area is 164 Å². The van der Waals surface area contributed by atoms with Crippen molar-refractivity contribution in [2.45, 2.75) is 31.3 Å². The van der Waals surface area contributed by atoms with E-state index in [1.54, 1.807) is 34.3 Å². The smallest absolute Gasteiger partial charge is 0.321 e. The quantitative estimate of drug-likeness (QED) is 0.849. The summed E-state index contributed by atoms with van der Waals surface area (Å²) in [7, 11) is 0. The van der Waals surface area contributed by atoms with Crippen LogP contribution >= 0.6 is 0 Å². The highest BCUT2D eigenvalue weighted by atomic mass is 16.3. The molecule has 28 heavy (non-hydrogen) atoms. The number of amides is 3. The molecule has 0 bridgehead atoms. The molecule has 3 atom stereocenters. The largest absolute Gasteiger partial charge is 0.394 e. The van der Waals surface area contributed by atoms with Gasteiger partial charge in [-0.2, -0.15) is 0 Å². The molecule has 0 spiro atoms. The molecule has 1 saturated heterocycles. The van der Waals surface area contributed by atoms with Gasteiger partial charge in [0.1, 0.15) is 0 Å². The lowest BCUT2D eigenvalue weighted by molar-refractivity contribution is -0.0242. The number of nitrogens with one attached hydrogen (secondary N) is 1. The molecule has 7 nitrogen and oxygen atoms in total. The van der Waals surface area contributed by atoms with Crippen LogP contribution in [0.1, 0.15) is 35.2 Å². The van der Waals surface area contributed by atoms with Crippen molar-refractivity contribution >= 4 is 17.6 Å². The number of aliphatic hydroxyl groups is 1. The number of carbonyl (C=O) groups is 2. The number of benzene rings is 1. The number of carbonyl (C=O) groups excluding carboxylic acids is 2.